The molecule has 0 aliphatic carbocycles. The standard InChI is InChI=1S/C13H26.C12H26.C12H24.2C11H24/c1-10(2)11(3)8-9-12(4)13(5,6)7;1-10(2)11(3)8-7-9-12(4,5)6;1-9(2)11(5)7-8-12(6)10(3)4;2*1-9(2)7-6-8-11(5)10(3)4/h8-12H,1-7H3;10-11H,7-9H2,1-6H3;7-12H,1-6H3;2*9-11H,6-8H2,1-5H3/b9-8+;;8-7+;;/t11-,12-;11-;11-,12+;2*11-/m11.11/s1. The van der Waals surface area contributed by atoms with Gasteiger partial charge < -0.3 is 0 Å². The van der Waals surface area contributed by atoms with Crippen LogP contribution < -0.4 is 0 Å². The van der Waals surface area contributed by atoms with Crippen LogP contribution in [-0.4, -0.2) is 0 Å². The Morgan fingerprint density at radius 3 is 0.763 bits per heavy atom. The van der Waals surface area contributed by atoms with Gasteiger partial charge in [0.05, 0.1) is 0 Å². The van der Waals surface area contributed by atoms with Crippen LogP contribution in [0.25, 0.3) is 0 Å². The highest BCUT2D eigenvalue weighted by Crippen LogP contribution is 2.28. The van der Waals surface area contributed by atoms with Gasteiger partial charge in [0.1, 0.15) is 0 Å². The largest absolute Gasteiger partial charge is 0.0852 e. The molecule has 0 aliphatic heterocycles. The molecule has 0 fully saturated rings. The van der Waals surface area contributed by atoms with E-state index in [9.17, 15) is 0 Å². The van der Waals surface area contributed by atoms with Crippen LogP contribution in [0.2, 0.25) is 0 Å². The van der Waals surface area contributed by atoms with Gasteiger partial charge in [-0.2, -0.15) is 0 Å². The molecule has 0 bridgehead atoms. The average Bonchev–Trinajstić information content (AvgIpc) is 3.08. The first-order chi connectivity index (χ1) is 26.6. The lowest BCUT2D eigenvalue weighted by molar-refractivity contribution is 0.312. The lowest BCUT2D eigenvalue weighted by atomic mass is 9.81. The summed E-state index contributed by atoms with van der Waals surface area (Å²) in [6.07, 6.45) is 22.0. The van der Waals surface area contributed by atoms with Crippen LogP contribution in [-0.2, 0) is 0 Å². The van der Waals surface area contributed by atoms with E-state index in [1.807, 2.05) is 0 Å². The zero-order chi connectivity index (χ0) is 47.9. The topological polar surface area (TPSA) is 0 Å². The lowest BCUT2D eigenvalue weighted by Crippen LogP contribution is -2.15. The van der Waals surface area contributed by atoms with Crippen molar-refractivity contribution in [1.29, 1.82) is 0 Å². The van der Waals surface area contributed by atoms with Crippen molar-refractivity contribution in [3.63, 3.8) is 0 Å². The van der Waals surface area contributed by atoms with Gasteiger partial charge in [-0.3, -0.25) is 0 Å². The molecular weight excluding hydrogens is 709 g/mol. The van der Waals surface area contributed by atoms with Crippen LogP contribution >= 0.6 is 0 Å². The molecule has 0 aromatic heterocycles. The molecule has 0 aliphatic rings. The molecule has 0 heterocycles. The Kier molecular flexibility index (Phi) is 43.5. The molecule has 0 aromatic carbocycles. The first-order valence-electron chi connectivity index (χ1n) is 26.0. The van der Waals surface area contributed by atoms with E-state index in [0.717, 1.165) is 65.1 Å². The predicted molar refractivity (Wildman–Crippen MR) is 282 cm³/mol. The van der Waals surface area contributed by atoms with E-state index >= 15 is 0 Å². The highest BCUT2D eigenvalue weighted by Gasteiger charge is 2.17. The van der Waals surface area contributed by atoms with Gasteiger partial charge in [0.25, 0.3) is 0 Å². The van der Waals surface area contributed by atoms with Gasteiger partial charge >= 0.3 is 0 Å². The van der Waals surface area contributed by atoms with E-state index in [-0.39, 0.29) is 0 Å². The quantitative estimate of drug-likeness (QED) is 0.101. The molecule has 0 spiro atoms. The first kappa shape index (κ1) is 67.6. The molecule has 7 atom stereocenters. The Labute approximate surface area is 381 Å². The smallest absolute Gasteiger partial charge is 0.0213 e. The van der Waals surface area contributed by atoms with Crippen molar-refractivity contribution < 1.29 is 0 Å². The molecule has 0 rings (SSSR count). The lowest BCUT2D eigenvalue weighted by Gasteiger charge is -2.24. The van der Waals surface area contributed by atoms with E-state index < -0.39 is 0 Å². The van der Waals surface area contributed by atoms with Crippen molar-refractivity contribution in [1.82, 2.24) is 0 Å². The molecule has 360 valence electrons. The van der Waals surface area contributed by atoms with E-state index in [2.05, 4.69) is 225 Å². The Morgan fingerprint density at radius 1 is 0.305 bits per heavy atom. The van der Waals surface area contributed by atoms with Crippen LogP contribution in [0, 0.1) is 99.6 Å². The number of allylic oxidation sites excluding steroid dienone is 4. The second-order valence-corrected chi connectivity index (χ2v) is 25.0. The predicted octanol–water partition coefficient (Wildman–Crippen LogP) is 21.3. The van der Waals surface area contributed by atoms with E-state index in [1.54, 1.807) is 0 Å². The molecule has 0 aromatic rings. The van der Waals surface area contributed by atoms with Gasteiger partial charge in [0, 0.05) is 0 Å². The van der Waals surface area contributed by atoms with Gasteiger partial charge in [0.15, 0.2) is 0 Å². The average molecular weight is 834 g/mol. The zero-order valence-electron chi connectivity index (χ0n) is 47.3. The SMILES string of the molecule is CC(C)CCC[C@@H](C)C(C)C.CC(C)CCC[C@@H](C)C(C)C.CC(C)[C@H](C)/C=C/[C@@H](C)C(C)(C)C.CC(C)[C@H](C)/C=C/[C@H](C)C(C)C.CC(C)[C@H](C)CCCC(C)(C)C. The molecule has 59 heavy (non-hydrogen) atoms. The van der Waals surface area contributed by atoms with Gasteiger partial charge in [-0.05, 0) is 106 Å². The van der Waals surface area contributed by atoms with Crippen LogP contribution in [0.3, 0.4) is 0 Å². The molecular formula is C59H124. The normalized spacial score (nSPS) is 16.1. The van der Waals surface area contributed by atoms with Gasteiger partial charge in [-0.25, -0.2) is 0 Å². The molecule has 0 nitrogen and oxygen atoms in total. The fourth-order valence-corrected chi connectivity index (χ4v) is 5.30. The Bertz CT molecular complexity index is 867. The third kappa shape index (κ3) is 51.7. The summed E-state index contributed by atoms with van der Waals surface area (Å²) in [5.74, 6) is 12.1. The minimum atomic E-state index is 0.396. The van der Waals surface area contributed by atoms with Crippen molar-refractivity contribution >= 4 is 0 Å². The summed E-state index contributed by atoms with van der Waals surface area (Å²) in [7, 11) is 0. The maximum Gasteiger partial charge on any atom is -0.0213 e. The fraction of sp³-hybridized carbons (Fsp3) is 0.932. The Morgan fingerprint density at radius 2 is 0.559 bits per heavy atom. The van der Waals surface area contributed by atoms with E-state index in [4.69, 9.17) is 0 Å². The summed E-state index contributed by atoms with van der Waals surface area (Å²) in [6.45, 7) is 66.9. The van der Waals surface area contributed by atoms with E-state index in [1.165, 1.54) is 57.8 Å². The highest BCUT2D eigenvalue weighted by molar-refractivity contribution is 4.95. The second-order valence-electron chi connectivity index (χ2n) is 25.0. The van der Waals surface area contributed by atoms with Crippen molar-refractivity contribution in [2.45, 2.75) is 259 Å². The molecule has 0 heteroatoms. The summed E-state index contributed by atoms with van der Waals surface area (Å²) >= 11 is 0. The van der Waals surface area contributed by atoms with Gasteiger partial charge in [-0.15, -0.1) is 0 Å². The summed E-state index contributed by atoms with van der Waals surface area (Å²) in [6, 6.07) is 0. The number of rotatable bonds is 21. The highest BCUT2D eigenvalue weighted by atomic mass is 14.2. The number of hydrogen-bond acceptors (Lipinski definition) is 0. The van der Waals surface area contributed by atoms with Crippen molar-refractivity contribution in [2.24, 2.45) is 99.6 Å². The summed E-state index contributed by atoms with van der Waals surface area (Å²) in [5.41, 5.74) is 0.921. The van der Waals surface area contributed by atoms with Crippen LogP contribution in [0.15, 0.2) is 24.3 Å². The van der Waals surface area contributed by atoms with Gasteiger partial charge in [-0.1, -0.05) is 276 Å². The molecule has 0 amide bonds. The maximum atomic E-state index is 2.37. The van der Waals surface area contributed by atoms with E-state index in [0.29, 0.717) is 34.5 Å². The third-order valence-corrected chi connectivity index (χ3v) is 13.8. The fourth-order valence-electron chi connectivity index (χ4n) is 5.30. The monoisotopic (exact) mass is 833 g/mol. The first-order valence-corrected chi connectivity index (χ1v) is 26.0. The minimum Gasteiger partial charge on any atom is -0.0852 e. The zero-order valence-corrected chi connectivity index (χ0v) is 47.3. The summed E-state index contributed by atoms with van der Waals surface area (Å²) in [4.78, 5) is 0. The molecule has 0 N–H and O–H groups in total. The second kappa shape index (κ2) is 38.0. The third-order valence-electron chi connectivity index (χ3n) is 13.8. The maximum absolute atomic E-state index is 2.37. The molecule has 0 saturated heterocycles. The van der Waals surface area contributed by atoms with Crippen LogP contribution in [0.1, 0.15) is 259 Å². The minimum absolute atomic E-state index is 0.396. The van der Waals surface area contributed by atoms with Crippen LogP contribution in [0.5, 0.6) is 0 Å². The molecule has 0 saturated carbocycles. The van der Waals surface area contributed by atoms with Crippen molar-refractivity contribution in [3.05, 3.63) is 24.3 Å². The Hall–Kier alpha value is -0.520. The molecule has 0 unspecified atom stereocenters. The summed E-state index contributed by atoms with van der Waals surface area (Å²) < 4.78 is 0. The van der Waals surface area contributed by atoms with Crippen LogP contribution in [0.4, 0.5) is 0 Å². The number of hydrogen-bond donors (Lipinski definition) is 0. The van der Waals surface area contributed by atoms with Crippen molar-refractivity contribution in [2.75, 3.05) is 0 Å². The summed E-state index contributed by atoms with van der Waals surface area (Å²) in [5, 5.41) is 0. The molecule has 0 radical (unpaired) electrons. The Balaban J connectivity index is -0.000000206. The van der Waals surface area contributed by atoms with Gasteiger partial charge in [0.2, 0.25) is 0 Å². The van der Waals surface area contributed by atoms with Crippen molar-refractivity contribution in [3.8, 4) is 0 Å².